The topological polar surface area (TPSA) is 55.7 Å². The van der Waals surface area contributed by atoms with E-state index in [1.807, 2.05) is 44.2 Å². The van der Waals surface area contributed by atoms with Crippen LogP contribution in [0.2, 0.25) is 0 Å². The molecule has 0 bridgehead atoms. The van der Waals surface area contributed by atoms with E-state index < -0.39 is 5.97 Å². The molecule has 0 spiro atoms. The highest BCUT2D eigenvalue weighted by Crippen LogP contribution is 2.54. The summed E-state index contributed by atoms with van der Waals surface area (Å²) in [5.74, 6) is -0.375. The quantitative estimate of drug-likeness (QED) is 0.150. The van der Waals surface area contributed by atoms with E-state index in [0.29, 0.717) is 5.71 Å². The third kappa shape index (κ3) is 4.45. The zero-order valence-electron chi connectivity index (χ0n) is 21.3. The van der Waals surface area contributed by atoms with Crippen LogP contribution in [0.3, 0.4) is 0 Å². The molecular formula is C31H33NO3. The Balaban J connectivity index is 1.88. The zero-order valence-corrected chi connectivity index (χ0v) is 21.3. The van der Waals surface area contributed by atoms with Crippen molar-refractivity contribution in [1.82, 2.24) is 0 Å². The van der Waals surface area contributed by atoms with Gasteiger partial charge < -0.3 is 4.84 Å². The maximum absolute atomic E-state index is 13.5. The number of hydrogen-bond acceptors (Lipinski definition) is 4. The third-order valence-electron chi connectivity index (χ3n) is 7.09. The molecule has 4 heteroatoms. The van der Waals surface area contributed by atoms with E-state index in [-0.39, 0.29) is 11.2 Å². The van der Waals surface area contributed by atoms with Gasteiger partial charge in [0.25, 0.3) is 0 Å². The maximum atomic E-state index is 13.5. The van der Waals surface area contributed by atoms with Crippen molar-refractivity contribution < 1.29 is 14.4 Å². The summed E-state index contributed by atoms with van der Waals surface area (Å²) >= 11 is 0. The highest BCUT2D eigenvalue weighted by Gasteiger charge is 2.42. The summed E-state index contributed by atoms with van der Waals surface area (Å²) < 4.78 is 0. The minimum absolute atomic E-state index is 0.0637. The first kappa shape index (κ1) is 24.6. The molecule has 0 unspecified atom stereocenters. The van der Waals surface area contributed by atoms with Gasteiger partial charge in [-0.15, -0.1) is 0 Å². The average Bonchev–Trinajstić information content (AvgIpc) is 3.11. The second kappa shape index (κ2) is 9.99. The molecule has 35 heavy (non-hydrogen) atoms. The first-order chi connectivity index (χ1) is 16.8. The number of aryl methyl sites for hydroxylation is 1. The minimum atomic E-state index is -0.438. The van der Waals surface area contributed by atoms with Crippen LogP contribution >= 0.6 is 0 Å². The van der Waals surface area contributed by atoms with Gasteiger partial charge in [0.2, 0.25) is 0 Å². The first-order valence-corrected chi connectivity index (χ1v) is 12.4. The number of ketones is 1. The monoisotopic (exact) mass is 467 g/mol. The zero-order chi connectivity index (χ0) is 25.2. The number of carbonyl (C=O) groups excluding carboxylic acids is 2. The van der Waals surface area contributed by atoms with Gasteiger partial charge in [0.05, 0.1) is 5.71 Å². The summed E-state index contributed by atoms with van der Waals surface area (Å²) in [5, 5.41) is 3.99. The van der Waals surface area contributed by atoms with Crippen molar-refractivity contribution >= 4 is 17.5 Å². The lowest BCUT2D eigenvalue weighted by Crippen LogP contribution is -2.25. The molecule has 0 radical (unpaired) electrons. The summed E-state index contributed by atoms with van der Waals surface area (Å²) in [6, 6.07) is 20.4. The normalized spacial score (nSPS) is 13.8. The molecule has 3 aromatic rings. The highest BCUT2D eigenvalue weighted by atomic mass is 16.7. The van der Waals surface area contributed by atoms with Crippen molar-refractivity contribution in [2.75, 3.05) is 0 Å². The van der Waals surface area contributed by atoms with Gasteiger partial charge in [-0.3, -0.25) is 4.79 Å². The molecule has 0 amide bonds. The summed E-state index contributed by atoms with van der Waals surface area (Å²) in [6.07, 6.45) is 4.12. The lowest BCUT2D eigenvalue weighted by Gasteiger charge is -2.32. The van der Waals surface area contributed by atoms with Crippen LogP contribution in [-0.2, 0) is 15.0 Å². The van der Waals surface area contributed by atoms with Crippen LogP contribution in [0.5, 0.6) is 0 Å². The van der Waals surface area contributed by atoms with Crippen molar-refractivity contribution in [3.8, 4) is 11.1 Å². The largest absolute Gasteiger partial charge is 0.331 e. The predicted molar refractivity (Wildman–Crippen MR) is 141 cm³/mol. The number of carbonyl (C=O) groups is 2. The second-order valence-electron chi connectivity index (χ2n) is 9.51. The van der Waals surface area contributed by atoms with Gasteiger partial charge in [0.1, 0.15) is 0 Å². The Kier molecular flexibility index (Phi) is 7.02. The predicted octanol–water partition coefficient (Wildman–Crippen LogP) is 7.38. The number of hydrogen-bond donors (Lipinski definition) is 0. The van der Waals surface area contributed by atoms with Gasteiger partial charge in [0.15, 0.2) is 5.78 Å². The van der Waals surface area contributed by atoms with Crippen LogP contribution in [0.25, 0.3) is 11.1 Å². The van der Waals surface area contributed by atoms with E-state index in [2.05, 4.69) is 49.3 Å². The molecule has 4 nitrogen and oxygen atoms in total. The van der Waals surface area contributed by atoms with E-state index in [4.69, 9.17) is 4.84 Å². The molecule has 0 atom stereocenters. The molecule has 0 heterocycles. The van der Waals surface area contributed by atoms with Crippen molar-refractivity contribution in [2.24, 2.45) is 5.16 Å². The summed E-state index contributed by atoms with van der Waals surface area (Å²) in [6.45, 7) is 9.62. The van der Waals surface area contributed by atoms with E-state index >= 15 is 0 Å². The van der Waals surface area contributed by atoms with Gasteiger partial charge in [-0.05, 0) is 72.2 Å². The van der Waals surface area contributed by atoms with Crippen molar-refractivity contribution in [3.05, 3.63) is 94.0 Å². The Bertz CT molecular complexity index is 1310. The van der Waals surface area contributed by atoms with Gasteiger partial charge in [-0.2, -0.15) is 0 Å². The number of benzene rings is 3. The average molecular weight is 468 g/mol. The van der Waals surface area contributed by atoms with E-state index in [9.17, 15) is 9.59 Å². The molecule has 1 aliphatic rings. The number of rotatable bonds is 8. The van der Waals surface area contributed by atoms with Crippen LogP contribution < -0.4 is 0 Å². The van der Waals surface area contributed by atoms with Crippen LogP contribution in [0, 0.1) is 6.92 Å². The Morgan fingerprint density at radius 2 is 1.51 bits per heavy atom. The molecule has 180 valence electrons. The SMILES string of the molecule is CCCC1(CCC)c2ccc(/C(C)=N\OC(C)=O)cc2-c2ccc(C(=O)c3ccccc3C)cc21. The maximum Gasteiger partial charge on any atom is 0.331 e. The van der Waals surface area contributed by atoms with Crippen molar-refractivity contribution in [1.29, 1.82) is 0 Å². The summed E-state index contributed by atoms with van der Waals surface area (Å²) in [5.41, 5.74) is 8.80. The number of oxime groups is 1. The lowest BCUT2D eigenvalue weighted by atomic mass is 9.71. The van der Waals surface area contributed by atoms with Gasteiger partial charge in [-0.1, -0.05) is 80.4 Å². The molecule has 0 N–H and O–H groups in total. The molecule has 0 aromatic heterocycles. The number of fused-ring (bicyclic) bond motifs is 3. The molecule has 1 aliphatic carbocycles. The van der Waals surface area contributed by atoms with Gasteiger partial charge in [0, 0.05) is 23.5 Å². The second-order valence-corrected chi connectivity index (χ2v) is 9.51. The molecule has 0 saturated heterocycles. The first-order valence-electron chi connectivity index (χ1n) is 12.4. The summed E-state index contributed by atoms with van der Waals surface area (Å²) in [4.78, 5) is 29.6. The molecule has 4 rings (SSSR count). The fourth-order valence-electron chi connectivity index (χ4n) is 5.56. The Morgan fingerprint density at radius 3 is 2.17 bits per heavy atom. The summed E-state index contributed by atoms with van der Waals surface area (Å²) in [7, 11) is 0. The van der Waals surface area contributed by atoms with Crippen molar-refractivity contribution in [2.45, 2.75) is 65.7 Å². The molecular weight excluding hydrogens is 434 g/mol. The fraction of sp³-hybridized carbons (Fsp3) is 0.323. The highest BCUT2D eigenvalue weighted by molar-refractivity contribution is 6.10. The third-order valence-corrected chi connectivity index (χ3v) is 7.09. The van der Waals surface area contributed by atoms with Crippen LogP contribution in [-0.4, -0.2) is 17.5 Å². The van der Waals surface area contributed by atoms with E-state index in [1.165, 1.54) is 29.2 Å². The van der Waals surface area contributed by atoms with Gasteiger partial charge >= 0.3 is 5.97 Å². The fourth-order valence-corrected chi connectivity index (χ4v) is 5.56. The van der Waals surface area contributed by atoms with E-state index in [0.717, 1.165) is 47.9 Å². The Labute approximate surface area is 208 Å². The van der Waals surface area contributed by atoms with Crippen LogP contribution in [0.1, 0.15) is 91.6 Å². The Morgan fingerprint density at radius 1 is 0.829 bits per heavy atom. The van der Waals surface area contributed by atoms with Gasteiger partial charge in [-0.25, -0.2) is 4.79 Å². The lowest BCUT2D eigenvalue weighted by molar-refractivity contribution is -0.140. The molecule has 0 saturated carbocycles. The molecule has 0 fully saturated rings. The Hall–Kier alpha value is -3.53. The minimum Gasteiger partial charge on any atom is -0.318 e. The van der Waals surface area contributed by atoms with E-state index in [1.54, 1.807) is 0 Å². The van der Waals surface area contributed by atoms with Crippen LogP contribution in [0.15, 0.2) is 65.8 Å². The molecule has 0 aliphatic heterocycles. The molecule has 3 aromatic carbocycles. The number of nitrogens with zero attached hydrogens (tertiary/aromatic N) is 1. The standard InChI is InChI=1S/C31H33NO3/c1-6-16-31(17-7-2)28-15-13-23(21(4)32-35-22(5)33)18-27(28)26-14-12-24(19-29(26)31)30(34)25-11-9-8-10-20(25)3/h8-15,18-19H,6-7,16-17H2,1-5H3/b32-21-. The smallest absolute Gasteiger partial charge is 0.318 e. The van der Waals surface area contributed by atoms with Crippen LogP contribution in [0.4, 0.5) is 0 Å². The van der Waals surface area contributed by atoms with Crippen molar-refractivity contribution in [3.63, 3.8) is 0 Å².